The normalized spacial score (nSPS) is 25.0. The lowest BCUT2D eigenvalue weighted by Gasteiger charge is -2.55. The maximum absolute atomic E-state index is 15.8. The van der Waals surface area contributed by atoms with Crippen molar-refractivity contribution in [2.24, 2.45) is 11.8 Å². The molecule has 5 atom stereocenters. The number of hydrogen-bond donors (Lipinski definition) is 3. The number of aromatic nitrogens is 1. The number of rotatable bonds is 14. The SMILES string of the molecule is CCCCOc1noc2c1C(=O)[C@@]1(O[Si](C)(C)C(C)(C)C)C(=O)C3=C(O)c4c(c(OC)cc(NC(=O)[C@@H]5CCCN5)c4OCCCC)C[C@H]3C[C@H]1[C@@H]2N(C)C. The van der Waals surface area contributed by atoms with Crippen LogP contribution in [-0.2, 0) is 20.4 Å². The summed E-state index contributed by atoms with van der Waals surface area (Å²) in [5, 5.41) is 22.7. The van der Waals surface area contributed by atoms with E-state index in [0.29, 0.717) is 55.2 Å². The molecule has 1 aromatic heterocycles. The first kappa shape index (κ1) is 40.9. The van der Waals surface area contributed by atoms with E-state index in [1.807, 2.05) is 45.9 Å². The Hall–Kier alpha value is -3.72. The van der Waals surface area contributed by atoms with E-state index >= 15 is 9.59 Å². The number of hydrogen-bond acceptors (Lipinski definition) is 12. The van der Waals surface area contributed by atoms with Gasteiger partial charge in [0.05, 0.1) is 43.7 Å². The van der Waals surface area contributed by atoms with Crippen LogP contribution in [0.25, 0.3) is 5.76 Å². The average Bonchev–Trinajstić information content (AvgIpc) is 3.81. The predicted molar refractivity (Wildman–Crippen MR) is 212 cm³/mol. The third kappa shape index (κ3) is 7.01. The van der Waals surface area contributed by atoms with Crippen LogP contribution in [0.3, 0.4) is 0 Å². The van der Waals surface area contributed by atoms with E-state index in [-0.39, 0.29) is 51.1 Å². The maximum atomic E-state index is 15.8. The van der Waals surface area contributed by atoms with Crippen molar-refractivity contribution in [3.05, 3.63) is 34.1 Å². The zero-order valence-corrected chi connectivity index (χ0v) is 35.3. The molecule has 2 aromatic rings. The molecule has 6 rings (SSSR count). The van der Waals surface area contributed by atoms with Gasteiger partial charge in [-0.05, 0) is 88.4 Å². The van der Waals surface area contributed by atoms with Gasteiger partial charge >= 0.3 is 0 Å². The smallest absolute Gasteiger partial charge is 0.265 e. The Balaban J connectivity index is 1.58. The molecule has 0 spiro atoms. The maximum Gasteiger partial charge on any atom is 0.265 e. The Morgan fingerprint density at radius 2 is 1.80 bits per heavy atom. The first-order valence-corrected chi connectivity index (χ1v) is 22.9. The number of nitrogens with zero attached hydrogens (tertiary/aromatic N) is 2. The van der Waals surface area contributed by atoms with E-state index in [4.69, 9.17) is 23.2 Å². The topological polar surface area (TPSA) is 162 Å². The standard InChI is InChI=1S/C41H60N4O9Si/c1-11-13-18-51-34-27(43-38(49)26-16-15-17-42-26)22-28(50-8)24-20-23-21-25-32(45(6)7)35-31(39(44-53-35)52-19-14-12-2)37(48)41(25,54-55(9,10)40(3,4)5)36(47)29(23)33(46)30(24)34/h22-23,25-26,32,42,46H,11-21H2,1-10H3,(H,43,49)/t23-,25-,26-,32-,41-/m0/s1. The van der Waals surface area contributed by atoms with Crippen LogP contribution < -0.4 is 24.8 Å². The van der Waals surface area contributed by atoms with Crippen LogP contribution in [0.4, 0.5) is 5.69 Å². The highest BCUT2D eigenvalue weighted by Gasteiger charge is 2.69. The molecule has 3 aliphatic carbocycles. The molecule has 1 aliphatic heterocycles. The quantitative estimate of drug-likeness (QED) is 0.102. The summed E-state index contributed by atoms with van der Waals surface area (Å²) in [6, 6.07) is 0.805. The summed E-state index contributed by atoms with van der Waals surface area (Å²) in [4.78, 5) is 46.6. The molecule has 1 aromatic carbocycles. The van der Waals surface area contributed by atoms with Crippen molar-refractivity contribution in [2.45, 2.75) is 122 Å². The van der Waals surface area contributed by atoms with Gasteiger partial charge in [-0.25, -0.2) is 0 Å². The Bertz CT molecular complexity index is 1840. The summed E-state index contributed by atoms with van der Waals surface area (Å²) in [5.41, 5.74) is -0.489. The Morgan fingerprint density at radius 3 is 2.40 bits per heavy atom. The number of amides is 1. The minimum Gasteiger partial charge on any atom is -0.507 e. The summed E-state index contributed by atoms with van der Waals surface area (Å²) >= 11 is 0. The summed E-state index contributed by atoms with van der Waals surface area (Å²) in [6.07, 6.45) is 5.44. The Kier molecular flexibility index (Phi) is 11.7. The van der Waals surface area contributed by atoms with E-state index in [1.54, 1.807) is 13.2 Å². The van der Waals surface area contributed by atoms with Gasteiger partial charge in [0.25, 0.3) is 5.88 Å². The number of methoxy groups -OCH3 is 1. The number of anilines is 1. The van der Waals surface area contributed by atoms with Gasteiger partial charge < -0.3 is 38.9 Å². The molecule has 302 valence electrons. The largest absolute Gasteiger partial charge is 0.507 e. The lowest BCUT2D eigenvalue weighted by Crippen LogP contribution is -2.68. The van der Waals surface area contributed by atoms with Crippen LogP contribution in [0.15, 0.2) is 16.2 Å². The van der Waals surface area contributed by atoms with Crippen molar-refractivity contribution in [3.63, 3.8) is 0 Å². The molecule has 1 amide bonds. The fourth-order valence-electron chi connectivity index (χ4n) is 8.43. The lowest BCUT2D eigenvalue weighted by atomic mass is 9.57. The molecule has 0 bridgehead atoms. The highest BCUT2D eigenvalue weighted by atomic mass is 28.4. The van der Waals surface area contributed by atoms with E-state index in [0.717, 1.165) is 38.6 Å². The molecule has 2 heterocycles. The minimum absolute atomic E-state index is 0.0487. The average molecular weight is 781 g/mol. The number of aliphatic hydroxyl groups excluding tert-OH is 1. The molecule has 0 radical (unpaired) electrons. The molecule has 2 fully saturated rings. The van der Waals surface area contributed by atoms with E-state index in [1.165, 1.54) is 0 Å². The van der Waals surface area contributed by atoms with Crippen molar-refractivity contribution in [1.82, 2.24) is 15.4 Å². The molecule has 4 aliphatic rings. The van der Waals surface area contributed by atoms with E-state index < -0.39 is 43.4 Å². The number of Topliss-reactive ketones (excluding diaryl/α,β-unsaturated/α-hetero) is 2. The number of ether oxygens (including phenoxy) is 3. The highest BCUT2D eigenvalue weighted by molar-refractivity contribution is 6.74. The minimum atomic E-state index is -2.90. The summed E-state index contributed by atoms with van der Waals surface area (Å²) < 4.78 is 31.6. The molecule has 14 heteroatoms. The molecule has 55 heavy (non-hydrogen) atoms. The highest BCUT2D eigenvalue weighted by Crippen LogP contribution is 2.60. The fraction of sp³-hybridized carbons (Fsp3) is 0.659. The summed E-state index contributed by atoms with van der Waals surface area (Å²) in [6.45, 7) is 15.7. The molecule has 3 N–H and O–H groups in total. The molecule has 1 saturated carbocycles. The van der Waals surface area contributed by atoms with Crippen LogP contribution in [0.5, 0.6) is 17.4 Å². The number of unbranched alkanes of at least 4 members (excludes halogenated alkanes) is 2. The molecule has 13 nitrogen and oxygen atoms in total. The van der Waals surface area contributed by atoms with E-state index in [2.05, 4.69) is 36.6 Å². The monoisotopic (exact) mass is 780 g/mol. The van der Waals surface area contributed by atoms with Gasteiger partial charge in [0.1, 0.15) is 17.1 Å². The van der Waals surface area contributed by atoms with Crippen LogP contribution in [0.1, 0.15) is 113 Å². The van der Waals surface area contributed by atoms with Crippen molar-refractivity contribution in [2.75, 3.05) is 46.3 Å². The van der Waals surface area contributed by atoms with Crippen molar-refractivity contribution in [1.29, 1.82) is 0 Å². The second kappa shape index (κ2) is 15.7. The van der Waals surface area contributed by atoms with Gasteiger partial charge in [0, 0.05) is 23.1 Å². The zero-order chi connectivity index (χ0) is 40.0. The van der Waals surface area contributed by atoms with Crippen LogP contribution >= 0.6 is 0 Å². The van der Waals surface area contributed by atoms with Crippen molar-refractivity contribution >= 4 is 37.2 Å². The lowest BCUT2D eigenvalue weighted by molar-refractivity contribution is -0.140. The van der Waals surface area contributed by atoms with Gasteiger partial charge in [-0.3, -0.25) is 19.3 Å². The molecular formula is C41H60N4O9Si. The van der Waals surface area contributed by atoms with Crippen molar-refractivity contribution < 1.29 is 42.6 Å². The number of aliphatic hydroxyl groups is 1. The second-order valence-electron chi connectivity index (χ2n) is 17.2. The Morgan fingerprint density at radius 1 is 1.11 bits per heavy atom. The zero-order valence-electron chi connectivity index (χ0n) is 34.3. The Labute approximate surface area is 326 Å². The van der Waals surface area contributed by atoms with Crippen LogP contribution in [0, 0.1) is 11.8 Å². The van der Waals surface area contributed by atoms with Crippen LogP contribution in [0.2, 0.25) is 18.1 Å². The van der Waals surface area contributed by atoms with Gasteiger partial charge in [-0.1, -0.05) is 47.5 Å². The fourth-order valence-corrected chi connectivity index (χ4v) is 9.88. The predicted octanol–water partition coefficient (Wildman–Crippen LogP) is 7.02. The summed E-state index contributed by atoms with van der Waals surface area (Å²) in [5.74, 6) is -1.71. The molecule has 0 unspecified atom stereocenters. The number of nitrogens with one attached hydrogen (secondary N) is 2. The molecular weight excluding hydrogens is 721 g/mol. The number of carbonyl (C=O) groups excluding carboxylic acids is 3. The van der Waals surface area contributed by atoms with Gasteiger partial charge in [-0.15, -0.1) is 0 Å². The van der Waals surface area contributed by atoms with Gasteiger partial charge in [0.15, 0.2) is 25.4 Å². The van der Waals surface area contributed by atoms with Gasteiger partial charge in [0.2, 0.25) is 17.5 Å². The number of carbonyl (C=O) groups is 3. The summed E-state index contributed by atoms with van der Waals surface area (Å²) in [7, 11) is 2.43. The first-order chi connectivity index (χ1) is 26.0. The second-order valence-corrected chi connectivity index (χ2v) is 22.0. The first-order valence-electron chi connectivity index (χ1n) is 20.0. The molecule has 1 saturated heterocycles. The number of fused-ring (bicyclic) bond motifs is 4. The third-order valence-electron chi connectivity index (χ3n) is 12.4. The van der Waals surface area contributed by atoms with E-state index in [9.17, 15) is 9.90 Å². The van der Waals surface area contributed by atoms with Crippen molar-refractivity contribution in [3.8, 4) is 17.4 Å². The third-order valence-corrected chi connectivity index (χ3v) is 16.8. The number of benzene rings is 1. The van der Waals surface area contributed by atoms with Gasteiger partial charge in [-0.2, -0.15) is 0 Å². The number of ketones is 2. The van der Waals surface area contributed by atoms with Crippen LogP contribution in [-0.4, -0.2) is 93.6 Å².